The molecule has 0 spiro atoms. The van der Waals surface area contributed by atoms with Gasteiger partial charge in [0.2, 0.25) is 0 Å². The number of phenols is 1. The number of carbonyl (C=O) groups is 1. The summed E-state index contributed by atoms with van der Waals surface area (Å²) in [5.74, 6) is -0.355. The van der Waals surface area contributed by atoms with Gasteiger partial charge in [-0.3, -0.25) is 4.79 Å². The van der Waals surface area contributed by atoms with Crippen LogP contribution < -0.4 is 10.1 Å². The van der Waals surface area contributed by atoms with Crippen LogP contribution in [0.25, 0.3) is 0 Å². The predicted octanol–water partition coefficient (Wildman–Crippen LogP) is 2.64. The van der Waals surface area contributed by atoms with Crippen molar-refractivity contribution in [2.45, 2.75) is 25.5 Å². The Labute approximate surface area is 135 Å². The van der Waals surface area contributed by atoms with Crippen LogP contribution in [0.4, 0.5) is 0 Å². The highest BCUT2D eigenvalue weighted by Gasteiger charge is 2.18. The number of benzene rings is 2. The molecule has 0 aliphatic carbocycles. The van der Waals surface area contributed by atoms with Crippen molar-refractivity contribution in [3.8, 4) is 11.5 Å². The topological polar surface area (TPSA) is 78.8 Å². The molecule has 2 rings (SSSR count). The molecule has 0 heterocycles. The Balaban J connectivity index is 2.00. The van der Waals surface area contributed by atoms with Crippen LogP contribution in [0, 0.1) is 0 Å². The Morgan fingerprint density at radius 3 is 2.52 bits per heavy atom. The molecule has 2 atom stereocenters. The van der Waals surface area contributed by atoms with Gasteiger partial charge in [-0.2, -0.15) is 0 Å². The van der Waals surface area contributed by atoms with E-state index < -0.39 is 12.0 Å². The van der Waals surface area contributed by atoms with E-state index in [-0.39, 0.29) is 23.1 Å². The van der Waals surface area contributed by atoms with E-state index >= 15 is 0 Å². The Bertz CT molecular complexity index is 657. The van der Waals surface area contributed by atoms with Crippen molar-refractivity contribution in [2.24, 2.45) is 0 Å². The molecule has 1 amide bonds. The molecular weight excluding hydrogens is 294 g/mol. The average Bonchev–Trinajstić information content (AvgIpc) is 2.55. The second kappa shape index (κ2) is 7.65. The Morgan fingerprint density at radius 1 is 1.17 bits per heavy atom. The molecule has 0 radical (unpaired) electrons. The summed E-state index contributed by atoms with van der Waals surface area (Å²) in [6, 6.07) is 13.8. The second-order valence-electron chi connectivity index (χ2n) is 5.39. The van der Waals surface area contributed by atoms with Crippen LogP contribution in [0.1, 0.15) is 35.4 Å². The van der Waals surface area contributed by atoms with E-state index in [1.54, 1.807) is 19.1 Å². The van der Waals surface area contributed by atoms with E-state index in [9.17, 15) is 15.0 Å². The molecule has 0 fully saturated rings. The summed E-state index contributed by atoms with van der Waals surface area (Å²) in [5, 5.41) is 23.0. The molecule has 23 heavy (non-hydrogen) atoms. The van der Waals surface area contributed by atoms with E-state index in [0.29, 0.717) is 6.42 Å². The van der Waals surface area contributed by atoms with Crippen LogP contribution in [0.15, 0.2) is 48.5 Å². The first kappa shape index (κ1) is 16.8. The molecule has 0 aliphatic rings. The standard InChI is InChI=1S/C18H21NO4/c1-12(11-15(20)13-7-4-3-5-8-13)19-18(22)14-9-6-10-16(23-2)17(14)21/h3-10,12,15,20-21H,11H2,1-2H3,(H,19,22). The summed E-state index contributed by atoms with van der Waals surface area (Å²) in [6.45, 7) is 1.81. The summed E-state index contributed by atoms with van der Waals surface area (Å²) in [6.07, 6.45) is -0.286. The Kier molecular flexibility index (Phi) is 5.60. The quantitative estimate of drug-likeness (QED) is 0.766. The van der Waals surface area contributed by atoms with E-state index in [2.05, 4.69) is 5.32 Å². The number of methoxy groups -OCH3 is 1. The zero-order valence-electron chi connectivity index (χ0n) is 13.2. The summed E-state index contributed by atoms with van der Waals surface area (Å²) >= 11 is 0. The van der Waals surface area contributed by atoms with Crippen LogP contribution in [0.3, 0.4) is 0 Å². The molecule has 2 unspecified atom stereocenters. The summed E-state index contributed by atoms with van der Waals surface area (Å²) in [7, 11) is 1.43. The van der Waals surface area contributed by atoms with Crippen molar-refractivity contribution >= 4 is 5.91 Å². The lowest BCUT2D eigenvalue weighted by molar-refractivity contribution is 0.0913. The number of hydrogen-bond acceptors (Lipinski definition) is 4. The van der Waals surface area contributed by atoms with Crippen LogP contribution >= 0.6 is 0 Å². The zero-order chi connectivity index (χ0) is 16.8. The fourth-order valence-corrected chi connectivity index (χ4v) is 2.38. The lowest BCUT2D eigenvalue weighted by Crippen LogP contribution is -2.33. The van der Waals surface area contributed by atoms with E-state index in [4.69, 9.17) is 4.74 Å². The number of aliphatic hydroxyl groups excluding tert-OH is 1. The van der Waals surface area contributed by atoms with Gasteiger partial charge in [-0.25, -0.2) is 0 Å². The van der Waals surface area contributed by atoms with Crippen molar-refractivity contribution in [3.05, 3.63) is 59.7 Å². The Hall–Kier alpha value is -2.53. The number of nitrogens with one attached hydrogen (secondary N) is 1. The third-order valence-electron chi connectivity index (χ3n) is 3.60. The van der Waals surface area contributed by atoms with Crippen LogP contribution in [0.5, 0.6) is 11.5 Å². The molecule has 0 saturated heterocycles. The Morgan fingerprint density at radius 2 is 1.87 bits per heavy atom. The number of carbonyl (C=O) groups excluding carboxylic acids is 1. The predicted molar refractivity (Wildman–Crippen MR) is 87.6 cm³/mol. The molecule has 5 nitrogen and oxygen atoms in total. The normalized spacial score (nSPS) is 13.2. The molecule has 0 saturated carbocycles. The second-order valence-corrected chi connectivity index (χ2v) is 5.39. The number of amides is 1. The highest BCUT2D eigenvalue weighted by Crippen LogP contribution is 2.29. The van der Waals surface area contributed by atoms with Gasteiger partial charge in [0, 0.05) is 6.04 Å². The third kappa shape index (κ3) is 4.23. The number of hydrogen-bond donors (Lipinski definition) is 3. The number of para-hydroxylation sites is 1. The third-order valence-corrected chi connectivity index (χ3v) is 3.60. The largest absolute Gasteiger partial charge is 0.504 e. The first-order valence-electron chi connectivity index (χ1n) is 7.42. The minimum Gasteiger partial charge on any atom is -0.504 e. The van der Waals surface area contributed by atoms with Gasteiger partial charge in [0.1, 0.15) is 0 Å². The van der Waals surface area contributed by atoms with Crippen molar-refractivity contribution in [3.63, 3.8) is 0 Å². The number of ether oxygens (including phenoxy) is 1. The summed E-state index contributed by atoms with van der Waals surface area (Å²) in [4.78, 5) is 12.3. The molecule has 0 aliphatic heterocycles. The van der Waals surface area contributed by atoms with Crippen molar-refractivity contribution in [1.29, 1.82) is 0 Å². The van der Waals surface area contributed by atoms with E-state index in [0.717, 1.165) is 5.56 Å². The molecule has 5 heteroatoms. The SMILES string of the molecule is COc1cccc(C(=O)NC(C)CC(O)c2ccccc2)c1O. The smallest absolute Gasteiger partial charge is 0.255 e. The fraction of sp³-hybridized carbons (Fsp3) is 0.278. The number of rotatable bonds is 6. The molecule has 2 aromatic carbocycles. The highest BCUT2D eigenvalue weighted by molar-refractivity contribution is 5.97. The molecule has 3 N–H and O–H groups in total. The monoisotopic (exact) mass is 315 g/mol. The van der Waals surface area contributed by atoms with Crippen LogP contribution in [-0.4, -0.2) is 29.3 Å². The van der Waals surface area contributed by atoms with Crippen molar-refractivity contribution in [2.75, 3.05) is 7.11 Å². The summed E-state index contributed by atoms with van der Waals surface area (Å²) < 4.78 is 4.99. The van der Waals surface area contributed by atoms with Gasteiger partial charge in [0.25, 0.3) is 5.91 Å². The van der Waals surface area contributed by atoms with Crippen LogP contribution in [-0.2, 0) is 0 Å². The van der Waals surface area contributed by atoms with E-state index in [1.807, 2.05) is 30.3 Å². The van der Waals surface area contributed by atoms with Gasteiger partial charge >= 0.3 is 0 Å². The number of aromatic hydroxyl groups is 1. The number of phenolic OH excluding ortho intramolecular Hbond substituents is 1. The summed E-state index contributed by atoms with van der Waals surface area (Å²) in [5.41, 5.74) is 0.947. The lowest BCUT2D eigenvalue weighted by atomic mass is 10.0. The van der Waals surface area contributed by atoms with Gasteiger partial charge in [-0.15, -0.1) is 0 Å². The van der Waals surface area contributed by atoms with Gasteiger partial charge < -0.3 is 20.3 Å². The molecule has 0 aromatic heterocycles. The van der Waals surface area contributed by atoms with Gasteiger partial charge in [-0.05, 0) is 31.0 Å². The van der Waals surface area contributed by atoms with Crippen LogP contribution in [0.2, 0.25) is 0 Å². The first-order chi connectivity index (χ1) is 11.0. The molecular formula is C18H21NO4. The van der Waals surface area contributed by atoms with Gasteiger partial charge in [0.15, 0.2) is 11.5 Å². The van der Waals surface area contributed by atoms with Crippen molar-refractivity contribution in [1.82, 2.24) is 5.32 Å². The van der Waals surface area contributed by atoms with E-state index in [1.165, 1.54) is 13.2 Å². The van der Waals surface area contributed by atoms with Gasteiger partial charge in [0.05, 0.1) is 18.8 Å². The number of aliphatic hydroxyl groups is 1. The molecule has 2 aromatic rings. The maximum absolute atomic E-state index is 12.3. The maximum atomic E-state index is 12.3. The maximum Gasteiger partial charge on any atom is 0.255 e. The molecule has 0 bridgehead atoms. The zero-order valence-corrected chi connectivity index (χ0v) is 13.2. The highest BCUT2D eigenvalue weighted by atomic mass is 16.5. The molecule has 122 valence electrons. The first-order valence-corrected chi connectivity index (χ1v) is 7.42. The van der Waals surface area contributed by atoms with Gasteiger partial charge in [-0.1, -0.05) is 36.4 Å². The minimum absolute atomic E-state index is 0.144. The average molecular weight is 315 g/mol. The van der Waals surface area contributed by atoms with Crippen molar-refractivity contribution < 1.29 is 19.7 Å². The fourth-order valence-electron chi connectivity index (χ4n) is 2.38. The minimum atomic E-state index is -0.662. The lowest BCUT2D eigenvalue weighted by Gasteiger charge is -2.19.